The smallest absolute Gasteiger partial charge is 0.317 e. The van der Waals surface area contributed by atoms with E-state index in [0.717, 1.165) is 11.1 Å². The second kappa shape index (κ2) is 11.3. The minimum atomic E-state index is -0.628. The van der Waals surface area contributed by atoms with Crippen LogP contribution in [0.25, 0.3) is 0 Å². The van der Waals surface area contributed by atoms with Crippen molar-refractivity contribution in [3.05, 3.63) is 69.3 Å². The number of hydroxylamine groups is 1. The SMILES string of the molecule is COc1ccc(CNC(=O)C2=CC3(CCN(C(=O)NCc4ccc(Cl)c(Cl)c4)CC3)ON2)cc1OC. The van der Waals surface area contributed by atoms with E-state index in [1.54, 1.807) is 37.3 Å². The van der Waals surface area contributed by atoms with Crippen LogP contribution in [0.2, 0.25) is 10.0 Å². The Morgan fingerprint density at radius 2 is 1.64 bits per heavy atom. The second-order valence-electron chi connectivity index (χ2n) is 8.59. The van der Waals surface area contributed by atoms with Gasteiger partial charge in [-0.3, -0.25) is 15.1 Å². The number of nitrogens with zero attached hydrogens (tertiary/aromatic N) is 1. The van der Waals surface area contributed by atoms with Gasteiger partial charge in [0.15, 0.2) is 11.5 Å². The van der Waals surface area contributed by atoms with Gasteiger partial charge < -0.3 is 25.0 Å². The highest BCUT2D eigenvalue weighted by atomic mass is 35.5. The average molecular weight is 535 g/mol. The zero-order chi connectivity index (χ0) is 25.7. The first-order chi connectivity index (χ1) is 17.3. The predicted octanol–water partition coefficient (Wildman–Crippen LogP) is 3.79. The number of likely N-dealkylation sites (tertiary alicyclic amines) is 1. The van der Waals surface area contributed by atoms with Crippen LogP contribution in [0.4, 0.5) is 4.79 Å². The monoisotopic (exact) mass is 534 g/mol. The maximum Gasteiger partial charge on any atom is 0.317 e. The number of halogens is 2. The van der Waals surface area contributed by atoms with Crippen molar-refractivity contribution in [1.82, 2.24) is 21.0 Å². The van der Waals surface area contributed by atoms with Crippen LogP contribution in [-0.2, 0) is 22.7 Å². The topological polar surface area (TPSA) is 101 Å². The number of hydrogen-bond acceptors (Lipinski definition) is 6. The minimum Gasteiger partial charge on any atom is -0.493 e. The molecule has 2 heterocycles. The van der Waals surface area contributed by atoms with Gasteiger partial charge in [-0.15, -0.1) is 0 Å². The first kappa shape index (κ1) is 25.9. The maximum absolute atomic E-state index is 12.7. The lowest BCUT2D eigenvalue weighted by Crippen LogP contribution is -2.49. The van der Waals surface area contributed by atoms with Crippen LogP contribution in [0.3, 0.4) is 0 Å². The van der Waals surface area contributed by atoms with Gasteiger partial charge in [-0.05, 0) is 41.5 Å². The molecule has 0 radical (unpaired) electrons. The summed E-state index contributed by atoms with van der Waals surface area (Å²) in [4.78, 5) is 32.8. The number of ether oxygens (including phenoxy) is 2. The van der Waals surface area contributed by atoms with Crippen LogP contribution in [0.5, 0.6) is 11.5 Å². The van der Waals surface area contributed by atoms with Gasteiger partial charge in [-0.2, -0.15) is 0 Å². The van der Waals surface area contributed by atoms with E-state index >= 15 is 0 Å². The molecule has 1 fully saturated rings. The molecule has 2 aliphatic heterocycles. The molecule has 4 rings (SSSR count). The molecule has 2 aromatic rings. The Morgan fingerprint density at radius 3 is 2.33 bits per heavy atom. The van der Waals surface area contributed by atoms with E-state index in [4.69, 9.17) is 37.5 Å². The highest BCUT2D eigenvalue weighted by Gasteiger charge is 2.40. The number of carbonyl (C=O) groups excluding carboxylic acids is 2. The molecule has 2 aromatic carbocycles. The van der Waals surface area contributed by atoms with Crippen LogP contribution in [-0.4, -0.2) is 49.7 Å². The highest BCUT2D eigenvalue weighted by Crippen LogP contribution is 2.32. The van der Waals surface area contributed by atoms with Crippen molar-refractivity contribution in [2.45, 2.75) is 31.5 Å². The molecular weight excluding hydrogens is 507 g/mol. The minimum absolute atomic E-state index is 0.168. The number of rotatable bonds is 7. The van der Waals surface area contributed by atoms with Gasteiger partial charge in [0.1, 0.15) is 11.3 Å². The molecule has 1 saturated heterocycles. The number of amides is 3. The van der Waals surface area contributed by atoms with Crippen molar-refractivity contribution >= 4 is 35.1 Å². The number of benzene rings is 2. The Balaban J connectivity index is 1.26. The standard InChI is InChI=1S/C25H28Cl2N4O5/c1-34-21-6-4-17(12-22(21)35-2)14-28-23(32)20-13-25(36-30-20)7-9-31(10-8-25)24(33)29-15-16-3-5-18(26)19(27)11-16/h3-6,11-13,30H,7-10,14-15H2,1-2H3,(H,28,32)(H,29,33). The molecule has 0 unspecified atom stereocenters. The van der Waals surface area contributed by atoms with Crippen molar-refractivity contribution in [2.75, 3.05) is 27.3 Å². The third kappa shape index (κ3) is 5.98. The zero-order valence-corrected chi connectivity index (χ0v) is 21.5. The van der Waals surface area contributed by atoms with E-state index in [9.17, 15) is 9.59 Å². The summed E-state index contributed by atoms with van der Waals surface area (Å²) in [6.07, 6.45) is 2.93. The third-order valence-electron chi connectivity index (χ3n) is 6.24. The fraction of sp³-hybridized carbons (Fsp3) is 0.360. The van der Waals surface area contributed by atoms with E-state index in [1.165, 1.54) is 0 Å². The normalized spacial score (nSPS) is 16.2. The van der Waals surface area contributed by atoms with Gasteiger partial charge >= 0.3 is 6.03 Å². The van der Waals surface area contributed by atoms with E-state index in [-0.39, 0.29) is 11.9 Å². The molecule has 9 nitrogen and oxygen atoms in total. The lowest BCUT2D eigenvalue weighted by Gasteiger charge is -2.36. The molecule has 0 aromatic heterocycles. The molecular formula is C25H28Cl2N4O5. The Kier molecular flexibility index (Phi) is 8.13. The molecule has 0 saturated carbocycles. The summed E-state index contributed by atoms with van der Waals surface area (Å²) in [6.45, 7) is 1.65. The molecule has 3 N–H and O–H groups in total. The van der Waals surface area contributed by atoms with Crippen molar-refractivity contribution in [1.29, 1.82) is 0 Å². The van der Waals surface area contributed by atoms with Crippen LogP contribution < -0.4 is 25.6 Å². The summed E-state index contributed by atoms with van der Waals surface area (Å²) < 4.78 is 10.5. The van der Waals surface area contributed by atoms with Crippen LogP contribution >= 0.6 is 23.2 Å². The molecule has 0 atom stereocenters. The number of urea groups is 1. The van der Waals surface area contributed by atoms with Gasteiger partial charge in [0.25, 0.3) is 5.91 Å². The van der Waals surface area contributed by atoms with Crippen LogP contribution in [0.1, 0.15) is 24.0 Å². The molecule has 3 amide bonds. The van der Waals surface area contributed by atoms with Gasteiger partial charge in [0.2, 0.25) is 0 Å². The summed E-state index contributed by atoms with van der Waals surface area (Å²) in [7, 11) is 3.14. The number of nitrogens with one attached hydrogen (secondary N) is 3. The molecule has 192 valence electrons. The molecule has 36 heavy (non-hydrogen) atoms. The highest BCUT2D eigenvalue weighted by molar-refractivity contribution is 6.42. The number of methoxy groups -OCH3 is 2. The summed E-state index contributed by atoms with van der Waals surface area (Å²) >= 11 is 12.0. The lowest BCUT2D eigenvalue weighted by atomic mass is 9.91. The third-order valence-corrected chi connectivity index (χ3v) is 6.98. The molecule has 0 aliphatic carbocycles. The average Bonchev–Trinajstić information content (AvgIpc) is 3.31. The summed E-state index contributed by atoms with van der Waals surface area (Å²) in [5.41, 5.74) is 4.22. The van der Waals surface area contributed by atoms with Gasteiger partial charge in [-0.25, -0.2) is 4.79 Å². The zero-order valence-electron chi connectivity index (χ0n) is 20.0. The molecule has 0 bridgehead atoms. The summed E-state index contributed by atoms with van der Waals surface area (Å²) in [5, 5.41) is 6.70. The molecule has 1 spiro atoms. The van der Waals surface area contributed by atoms with E-state index < -0.39 is 5.60 Å². The predicted molar refractivity (Wildman–Crippen MR) is 136 cm³/mol. The Hall–Kier alpha value is -3.14. The Morgan fingerprint density at radius 1 is 0.972 bits per heavy atom. The summed E-state index contributed by atoms with van der Waals surface area (Å²) in [6, 6.07) is 10.6. The molecule has 11 heteroatoms. The number of carbonyl (C=O) groups is 2. The van der Waals surface area contributed by atoms with E-state index in [0.29, 0.717) is 66.3 Å². The number of hydrogen-bond donors (Lipinski definition) is 3. The van der Waals surface area contributed by atoms with Crippen molar-refractivity contribution < 1.29 is 23.9 Å². The lowest BCUT2D eigenvalue weighted by molar-refractivity contribution is -0.120. The van der Waals surface area contributed by atoms with Crippen LogP contribution in [0, 0.1) is 0 Å². The van der Waals surface area contributed by atoms with Crippen LogP contribution in [0.15, 0.2) is 48.2 Å². The fourth-order valence-electron chi connectivity index (χ4n) is 4.13. The van der Waals surface area contributed by atoms with Crippen molar-refractivity contribution in [3.63, 3.8) is 0 Å². The molecule has 2 aliphatic rings. The fourth-order valence-corrected chi connectivity index (χ4v) is 4.45. The largest absolute Gasteiger partial charge is 0.493 e. The quantitative estimate of drug-likeness (QED) is 0.499. The Labute approximate surface area is 219 Å². The summed E-state index contributed by atoms with van der Waals surface area (Å²) in [5.74, 6) is 0.943. The van der Waals surface area contributed by atoms with Crippen molar-refractivity contribution in [2.24, 2.45) is 0 Å². The van der Waals surface area contributed by atoms with Gasteiger partial charge in [0.05, 0.1) is 24.3 Å². The first-order valence-corrected chi connectivity index (χ1v) is 12.2. The first-order valence-electron chi connectivity index (χ1n) is 11.5. The maximum atomic E-state index is 12.7. The second-order valence-corrected chi connectivity index (χ2v) is 9.41. The van der Waals surface area contributed by atoms with Crippen molar-refractivity contribution in [3.8, 4) is 11.5 Å². The number of piperidine rings is 1. The Bertz CT molecular complexity index is 1170. The van der Waals surface area contributed by atoms with Gasteiger partial charge in [-0.1, -0.05) is 35.3 Å². The van der Waals surface area contributed by atoms with E-state index in [1.807, 2.05) is 24.3 Å². The van der Waals surface area contributed by atoms with E-state index in [2.05, 4.69) is 16.1 Å². The van der Waals surface area contributed by atoms with Gasteiger partial charge in [0, 0.05) is 39.0 Å².